The summed E-state index contributed by atoms with van der Waals surface area (Å²) in [5.74, 6) is 1.11. The normalized spacial score (nSPS) is 12.3. The minimum Gasteiger partial charge on any atom is -0.495 e. The Morgan fingerprint density at radius 2 is 1.90 bits per heavy atom. The van der Waals surface area contributed by atoms with Crippen LogP contribution in [0.4, 0.5) is 0 Å². The first kappa shape index (κ1) is 15.9. The molecule has 0 fully saturated rings. The average Bonchev–Trinajstić information content (AvgIpc) is 2.76. The van der Waals surface area contributed by atoms with Crippen LogP contribution in [0.1, 0.15) is 17.2 Å². The third-order valence-corrected chi connectivity index (χ3v) is 5.06. The van der Waals surface area contributed by atoms with Crippen molar-refractivity contribution in [1.82, 2.24) is 0 Å². The van der Waals surface area contributed by atoms with Gasteiger partial charge in [0.05, 0.1) is 18.6 Å². The van der Waals surface area contributed by atoms with E-state index in [1.807, 2.05) is 0 Å². The highest BCUT2D eigenvalue weighted by atomic mass is 79.9. The zero-order valence-corrected chi connectivity index (χ0v) is 14.5. The van der Waals surface area contributed by atoms with E-state index in [9.17, 15) is 5.11 Å². The van der Waals surface area contributed by atoms with Crippen LogP contribution in [0.2, 0.25) is 8.67 Å². The van der Waals surface area contributed by atoms with Crippen molar-refractivity contribution < 1.29 is 14.6 Å². The number of aliphatic hydroxyl groups excluding tert-OH is 1. The van der Waals surface area contributed by atoms with Crippen molar-refractivity contribution in [3.63, 3.8) is 0 Å². The maximum atomic E-state index is 10.5. The fourth-order valence-electron chi connectivity index (χ4n) is 1.84. The van der Waals surface area contributed by atoms with E-state index in [2.05, 4.69) is 15.9 Å². The Morgan fingerprint density at radius 1 is 1.20 bits per heavy atom. The Morgan fingerprint density at radius 3 is 2.40 bits per heavy atom. The van der Waals surface area contributed by atoms with Crippen LogP contribution in [-0.2, 0) is 0 Å². The minimum atomic E-state index is -0.927. The van der Waals surface area contributed by atoms with E-state index in [1.54, 1.807) is 25.3 Å². The molecular weight excluding hydrogens is 387 g/mol. The molecule has 20 heavy (non-hydrogen) atoms. The van der Waals surface area contributed by atoms with Gasteiger partial charge < -0.3 is 14.6 Å². The molecule has 3 nitrogen and oxygen atoms in total. The lowest BCUT2D eigenvalue weighted by Crippen LogP contribution is -2.03. The van der Waals surface area contributed by atoms with Crippen molar-refractivity contribution in [2.75, 3.05) is 14.2 Å². The summed E-state index contributed by atoms with van der Waals surface area (Å²) in [6, 6.07) is 5.12. The molecule has 0 radical (unpaired) electrons. The van der Waals surface area contributed by atoms with E-state index in [-0.39, 0.29) is 0 Å². The van der Waals surface area contributed by atoms with E-state index in [0.717, 1.165) is 0 Å². The number of benzene rings is 1. The number of thiophene rings is 1. The number of ether oxygens (including phenoxy) is 2. The number of methoxy groups -OCH3 is 2. The molecule has 0 spiro atoms. The van der Waals surface area contributed by atoms with Crippen molar-refractivity contribution in [3.05, 3.63) is 42.5 Å². The van der Waals surface area contributed by atoms with Gasteiger partial charge in [-0.1, -0.05) is 23.2 Å². The second-order valence-electron chi connectivity index (χ2n) is 3.89. The second kappa shape index (κ2) is 6.54. The van der Waals surface area contributed by atoms with Crippen LogP contribution in [0.3, 0.4) is 0 Å². The summed E-state index contributed by atoms with van der Waals surface area (Å²) >= 11 is 16.6. The van der Waals surface area contributed by atoms with Crippen molar-refractivity contribution >= 4 is 50.5 Å². The summed E-state index contributed by atoms with van der Waals surface area (Å²) in [4.78, 5) is 0. The second-order valence-corrected chi connectivity index (χ2v) is 6.96. The summed E-state index contributed by atoms with van der Waals surface area (Å²) in [7, 11) is 3.09. The quantitative estimate of drug-likeness (QED) is 0.795. The van der Waals surface area contributed by atoms with Crippen molar-refractivity contribution in [1.29, 1.82) is 0 Å². The van der Waals surface area contributed by atoms with Crippen molar-refractivity contribution in [3.8, 4) is 11.5 Å². The molecule has 1 N–H and O–H groups in total. The van der Waals surface area contributed by atoms with Gasteiger partial charge in [-0.3, -0.25) is 0 Å². The topological polar surface area (TPSA) is 38.7 Å². The van der Waals surface area contributed by atoms with Crippen LogP contribution >= 0.6 is 50.5 Å². The number of halogens is 3. The van der Waals surface area contributed by atoms with E-state index in [4.69, 9.17) is 32.7 Å². The molecular formula is C13H11BrCl2O3S. The van der Waals surface area contributed by atoms with Gasteiger partial charge >= 0.3 is 0 Å². The molecule has 0 bridgehead atoms. The Balaban J connectivity index is 2.52. The maximum absolute atomic E-state index is 10.5. The van der Waals surface area contributed by atoms with Crippen LogP contribution in [-0.4, -0.2) is 19.3 Å². The Bertz CT molecular complexity index is 630. The number of aliphatic hydroxyl groups is 1. The highest BCUT2D eigenvalue weighted by Gasteiger charge is 2.23. The largest absolute Gasteiger partial charge is 0.495 e. The molecule has 0 saturated heterocycles. The average molecular weight is 398 g/mol. The molecule has 1 aromatic heterocycles. The van der Waals surface area contributed by atoms with Gasteiger partial charge in [-0.25, -0.2) is 0 Å². The molecule has 2 aromatic rings. The van der Waals surface area contributed by atoms with Gasteiger partial charge in [0.2, 0.25) is 0 Å². The fraction of sp³-hybridized carbons (Fsp3) is 0.231. The number of hydrogen-bond acceptors (Lipinski definition) is 4. The lowest BCUT2D eigenvalue weighted by molar-refractivity contribution is 0.215. The first-order valence-electron chi connectivity index (χ1n) is 5.52. The number of hydrogen-bond donors (Lipinski definition) is 1. The number of rotatable bonds is 4. The van der Waals surface area contributed by atoms with E-state index >= 15 is 0 Å². The van der Waals surface area contributed by atoms with Crippen LogP contribution < -0.4 is 9.47 Å². The lowest BCUT2D eigenvalue weighted by atomic mass is 10.0. The van der Waals surface area contributed by atoms with E-state index < -0.39 is 6.10 Å². The molecule has 1 heterocycles. The maximum Gasteiger partial charge on any atom is 0.142 e. The third kappa shape index (κ3) is 2.92. The SMILES string of the molecule is COc1ccc(C(O)c2cc(Cl)sc2Cl)c(OC)c1Br. The Kier molecular flexibility index (Phi) is 5.20. The van der Waals surface area contributed by atoms with Gasteiger partial charge in [-0.15, -0.1) is 11.3 Å². The zero-order chi connectivity index (χ0) is 14.9. The first-order valence-corrected chi connectivity index (χ1v) is 7.89. The molecule has 1 aromatic carbocycles. The summed E-state index contributed by atoms with van der Waals surface area (Å²) < 4.78 is 12.2. The zero-order valence-electron chi connectivity index (χ0n) is 10.6. The van der Waals surface area contributed by atoms with E-state index in [0.29, 0.717) is 35.8 Å². The molecule has 1 unspecified atom stereocenters. The smallest absolute Gasteiger partial charge is 0.142 e. The standard InChI is InChI=1S/C13H11BrCl2O3S/c1-18-8-4-3-6(12(19-2)10(8)14)11(17)7-5-9(15)20-13(7)16/h3-5,11,17H,1-2H3. The fourth-order valence-corrected chi connectivity index (χ4v) is 4.05. The highest BCUT2D eigenvalue weighted by Crippen LogP contribution is 2.44. The predicted molar refractivity (Wildman–Crippen MR) is 85.6 cm³/mol. The Labute approximate surface area is 139 Å². The monoisotopic (exact) mass is 396 g/mol. The van der Waals surface area contributed by atoms with Crippen LogP contribution in [0.25, 0.3) is 0 Å². The summed E-state index contributed by atoms with van der Waals surface area (Å²) in [5, 5.41) is 10.5. The van der Waals surface area contributed by atoms with Gasteiger partial charge in [-0.2, -0.15) is 0 Å². The summed E-state index contributed by atoms with van der Waals surface area (Å²) in [6.45, 7) is 0. The summed E-state index contributed by atoms with van der Waals surface area (Å²) in [5.41, 5.74) is 1.13. The van der Waals surface area contributed by atoms with E-state index in [1.165, 1.54) is 18.4 Å². The molecule has 0 aliphatic rings. The lowest BCUT2D eigenvalue weighted by Gasteiger charge is -2.17. The molecule has 0 amide bonds. The molecule has 0 aliphatic heterocycles. The summed E-state index contributed by atoms with van der Waals surface area (Å²) in [6.07, 6.45) is -0.927. The molecule has 1 atom stereocenters. The molecule has 0 saturated carbocycles. The Hall–Kier alpha value is -0.460. The van der Waals surface area contributed by atoms with Crippen molar-refractivity contribution in [2.24, 2.45) is 0 Å². The van der Waals surface area contributed by atoms with Crippen LogP contribution in [0, 0.1) is 0 Å². The first-order chi connectivity index (χ1) is 9.49. The molecule has 108 valence electrons. The molecule has 7 heteroatoms. The predicted octanol–water partition coefficient (Wildman–Crippen LogP) is 4.92. The highest BCUT2D eigenvalue weighted by molar-refractivity contribution is 9.10. The van der Waals surface area contributed by atoms with Gasteiger partial charge in [0, 0.05) is 11.1 Å². The molecule has 2 rings (SSSR count). The van der Waals surface area contributed by atoms with Crippen molar-refractivity contribution in [2.45, 2.75) is 6.10 Å². The van der Waals surface area contributed by atoms with Gasteiger partial charge in [0.25, 0.3) is 0 Å². The van der Waals surface area contributed by atoms with Gasteiger partial charge in [-0.05, 0) is 34.1 Å². The minimum absolute atomic E-state index is 0.455. The third-order valence-electron chi connectivity index (χ3n) is 2.79. The van der Waals surface area contributed by atoms with Crippen LogP contribution in [0.5, 0.6) is 11.5 Å². The molecule has 0 aliphatic carbocycles. The van der Waals surface area contributed by atoms with Gasteiger partial charge in [0.1, 0.15) is 26.4 Å². The van der Waals surface area contributed by atoms with Gasteiger partial charge in [0.15, 0.2) is 0 Å². The van der Waals surface area contributed by atoms with Crippen LogP contribution in [0.15, 0.2) is 22.7 Å².